The molecule has 3 aromatic rings. The van der Waals surface area contributed by atoms with E-state index in [1.165, 1.54) is 32.6 Å². The maximum atomic E-state index is 13.8. The summed E-state index contributed by atoms with van der Waals surface area (Å²) in [6.07, 6.45) is 1.33. The predicted molar refractivity (Wildman–Crippen MR) is 126 cm³/mol. The Labute approximate surface area is 200 Å². The number of ether oxygens (including phenoxy) is 3. The zero-order valence-corrected chi connectivity index (χ0v) is 19.1. The number of hydrogen-bond acceptors (Lipinski definition) is 6. The minimum atomic E-state index is -0.991. The first-order valence-corrected chi connectivity index (χ1v) is 10.3. The van der Waals surface area contributed by atoms with Gasteiger partial charge in [-0.3, -0.25) is 9.59 Å². The van der Waals surface area contributed by atoms with Gasteiger partial charge in [-0.05, 0) is 48.0 Å². The van der Waals surface area contributed by atoms with E-state index in [4.69, 9.17) is 25.8 Å². The molecule has 0 saturated heterocycles. The first-order chi connectivity index (χ1) is 16.4. The standard InChI is InChI=1S/C24H21ClFN3O5/c1-32-20-10-8-17(25)12-19(20)28-23(30)24(31)29-27-13-15-7-9-21(22(11-15)33-2)34-14-16-5-3-4-6-18(16)26/h3-13H,14H2,1-2H3,(H,28,30)(H,29,31)/b27-13+. The van der Waals surface area contributed by atoms with E-state index < -0.39 is 11.8 Å². The van der Waals surface area contributed by atoms with Crippen LogP contribution in [0.5, 0.6) is 17.2 Å². The summed E-state index contributed by atoms with van der Waals surface area (Å²) < 4.78 is 29.9. The third kappa shape index (κ3) is 6.46. The van der Waals surface area contributed by atoms with Crippen molar-refractivity contribution in [1.29, 1.82) is 0 Å². The molecule has 3 rings (SSSR count). The molecule has 0 aliphatic rings. The van der Waals surface area contributed by atoms with Crippen LogP contribution in [0.4, 0.5) is 10.1 Å². The van der Waals surface area contributed by atoms with Gasteiger partial charge in [0.2, 0.25) is 0 Å². The lowest BCUT2D eigenvalue weighted by Crippen LogP contribution is -2.32. The number of halogens is 2. The molecular formula is C24H21ClFN3O5. The summed E-state index contributed by atoms with van der Waals surface area (Å²) in [5.41, 5.74) is 3.36. The van der Waals surface area contributed by atoms with Crippen LogP contribution in [0.25, 0.3) is 0 Å². The van der Waals surface area contributed by atoms with Crippen molar-refractivity contribution in [3.8, 4) is 17.2 Å². The lowest BCUT2D eigenvalue weighted by atomic mass is 10.2. The first kappa shape index (κ1) is 24.5. The molecule has 0 fully saturated rings. The maximum Gasteiger partial charge on any atom is 0.329 e. The van der Waals surface area contributed by atoms with E-state index in [1.54, 1.807) is 48.5 Å². The second-order valence-electron chi connectivity index (χ2n) is 6.79. The Bertz CT molecular complexity index is 1220. The fourth-order valence-corrected chi connectivity index (χ4v) is 3.00. The van der Waals surface area contributed by atoms with Gasteiger partial charge in [0, 0.05) is 10.6 Å². The van der Waals surface area contributed by atoms with Gasteiger partial charge in [0.15, 0.2) is 11.5 Å². The number of hydrogen-bond donors (Lipinski definition) is 2. The number of amides is 2. The van der Waals surface area contributed by atoms with Crippen LogP contribution in [-0.4, -0.2) is 32.2 Å². The molecule has 0 spiro atoms. The van der Waals surface area contributed by atoms with Crippen LogP contribution in [-0.2, 0) is 16.2 Å². The molecule has 0 heterocycles. The second kappa shape index (κ2) is 11.7. The van der Waals surface area contributed by atoms with E-state index in [0.29, 0.717) is 33.4 Å². The van der Waals surface area contributed by atoms with E-state index in [9.17, 15) is 14.0 Å². The topological polar surface area (TPSA) is 98.2 Å². The maximum absolute atomic E-state index is 13.8. The summed E-state index contributed by atoms with van der Waals surface area (Å²) in [6.45, 7) is 0.0268. The number of anilines is 1. The molecule has 0 unspecified atom stereocenters. The monoisotopic (exact) mass is 485 g/mol. The molecule has 0 radical (unpaired) electrons. The highest BCUT2D eigenvalue weighted by Gasteiger charge is 2.16. The second-order valence-corrected chi connectivity index (χ2v) is 7.22. The van der Waals surface area contributed by atoms with Crippen LogP contribution in [0.3, 0.4) is 0 Å². The molecule has 176 valence electrons. The highest BCUT2D eigenvalue weighted by Crippen LogP contribution is 2.29. The normalized spacial score (nSPS) is 10.6. The predicted octanol–water partition coefficient (Wildman–Crippen LogP) is 4.16. The molecule has 0 aliphatic heterocycles. The molecule has 0 saturated carbocycles. The van der Waals surface area contributed by atoms with Crippen molar-refractivity contribution in [2.24, 2.45) is 5.10 Å². The Morgan fingerprint density at radius 1 is 0.971 bits per heavy atom. The van der Waals surface area contributed by atoms with Crippen molar-refractivity contribution in [2.45, 2.75) is 6.61 Å². The highest BCUT2D eigenvalue weighted by molar-refractivity contribution is 6.40. The summed E-state index contributed by atoms with van der Waals surface area (Å²) in [7, 11) is 2.89. The van der Waals surface area contributed by atoms with Gasteiger partial charge in [-0.25, -0.2) is 9.82 Å². The molecule has 0 atom stereocenters. The molecule has 34 heavy (non-hydrogen) atoms. The molecule has 3 aromatic carbocycles. The molecule has 0 aromatic heterocycles. The Morgan fingerprint density at radius 2 is 1.71 bits per heavy atom. The van der Waals surface area contributed by atoms with Crippen LogP contribution in [0.15, 0.2) is 65.8 Å². The minimum Gasteiger partial charge on any atom is -0.495 e. The third-order valence-electron chi connectivity index (χ3n) is 4.52. The van der Waals surface area contributed by atoms with Crippen molar-refractivity contribution < 1.29 is 28.2 Å². The van der Waals surface area contributed by atoms with Gasteiger partial charge in [-0.2, -0.15) is 5.10 Å². The van der Waals surface area contributed by atoms with Crippen molar-refractivity contribution in [1.82, 2.24) is 5.43 Å². The zero-order valence-electron chi connectivity index (χ0n) is 18.3. The quantitative estimate of drug-likeness (QED) is 0.283. The minimum absolute atomic E-state index is 0.0268. The van der Waals surface area contributed by atoms with Crippen LogP contribution in [0.1, 0.15) is 11.1 Å². The van der Waals surface area contributed by atoms with E-state index in [0.717, 1.165) is 0 Å². The number of benzene rings is 3. The van der Waals surface area contributed by atoms with Crippen molar-refractivity contribution in [3.05, 3.63) is 82.6 Å². The Morgan fingerprint density at radius 3 is 2.44 bits per heavy atom. The van der Waals surface area contributed by atoms with E-state index >= 15 is 0 Å². The zero-order chi connectivity index (χ0) is 24.5. The van der Waals surface area contributed by atoms with Gasteiger partial charge in [-0.1, -0.05) is 29.8 Å². The van der Waals surface area contributed by atoms with E-state index in [1.807, 2.05) is 0 Å². The summed E-state index contributed by atoms with van der Waals surface area (Å²) >= 11 is 5.92. The van der Waals surface area contributed by atoms with Crippen LogP contribution >= 0.6 is 11.6 Å². The van der Waals surface area contributed by atoms with Crippen molar-refractivity contribution in [3.63, 3.8) is 0 Å². The fourth-order valence-electron chi connectivity index (χ4n) is 2.83. The van der Waals surface area contributed by atoms with Gasteiger partial charge in [0.1, 0.15) is 18.2 Å². The molecule has 8 nitrogen and oxygen atoms in total. The number of nitrogens with zero attached hydrogens (tertiary/aromatic N) is 1. The highest BCUT2D eigenvalue weighted by atomic mass is 35.5. The Balaban J connectivity index is 1.59. The van der Waals surface area contributed by atoms with Gasteiger partial charge in [-0.15, -0.1) is 0 Å². The SMILES string of the molecule is COc1ccc(Cl)cc1NC(=O)C(=O)N/N=C/c1ccc(OCc2ccccc2F)c(OC)c1. The third-order valence-corrected chi connectivity index (χ3v) is 4.76. The van der Waals surface area contributed by atoms with Gasteiger partial charge in [0.05, 0.1) is 26.1 Å². The van der Waals surface area contributed by atoms with Crippen LogP contribution in [0.2, 0.25) is 5.02 Å². The molecule has 10 heteroatoms. The molecular weight excluding hydrogens is 465 g/mol. The fraction of sp³-hybridized carbons (Fsp3) is 0.125. The number of hydrazone groups is 1. The summed E-state index contributed by atoms with van der Waals surface area (Å²) in [5, 5.41) is 6.56. The summed E-state index contributed by atoms with van der Waals surface area (Å²) in [6, 6.07) is 15.8. The van der Waals surface area contributed by atoms with Crippen LogP contribution < -0.4 is 25.0 Å². The number of nitrogens with one attached hydrogen (secondary N) is 2. The number of carbonyl (C=O) groups excluding carboxylic acids is 2. The Kier molecular flexibility index (Phi) is 8.42. The smallest absolute Gasteiger partial charge is 0.329 e. The molecule has 0 aliphatic carbocycles. The summed E-state index contributed by atoms with van der Waals surface area (Å²) in [4.78, 5) is 24.2. The van der Waals surface area contributed by atoms with Gasteiger partial charge >= 0.3 is 11.8 Å². The van der Waals surface area contributed by atoms with E-state index in [2.05, 4.69) is 15.8 Å². The Hall–Kier alpha value is -4.11. The van der Waals surface area contributed by atoms with Crippen molar-refractivity contribution in [2.75, 3.05) is 19.5 Å². The van der Waals surface area contributed by atoms with Gasteiger partial charge < -0.3 is 19.5 Å². The lowest BCUT2D eigenvalue weighted by Gasteiger charge is -2.11. The summed E-state index contributed by atoms with van der Waals surface area (Å²) in [5.74, 6) is -1.17. The van der Waals surface area contributed by atoms with Crippen LogP contribution in [0, 0.1) is 5.82 Å². The first-order valence-electron chi connectivity index (χ1n) is 9.93. The average Bonchev–Trinajstić information content (AvgIpc) is 2.84. The number of methoxy groups -OCH3 is 2. The van der Waals surface area contributed by atoms with Crippen molar-refractivity contribution >= 4 is 35.3 Å². The number of carbonyl (C=O) groups is 2. The lowest BCUT2D eigenvalue weighted by molar-refractivity contribution is -0.136. The van der Waals surface area contributed by atoms with E-state index in [-0.39, 0.29) is 18.1 Å². The molecule has 0 bridgehead atoms. The molecule has 2 amide bonds. The largest absolute Gasteiger partial charge is 0.495 e. The number of rotatable bonds is 8. The average molecular weight is 486 g/mol. The molecule has 2 N–H and O–H groups in total. The van der Waals surface area contributed by atoms with Gasteiger partial charge in [0.25, 0.3) is 0 Å².